The Morgan fingerprint density at radius 3 is 1.84 bits per heavy atom. The van der Waals surface area contributed by atoms with Gasteiger partial charge in [0.1, 0.15) is 11.5 Å². The zero-order valence-corrected chi connectivity index (χ0v) is 19.6. The van der Waals surface area contributed by atoms with Gasteiger partial charge in [0.2, 0.25) is 0 Å². The molecular formula is C25H36O7. The van der Waals surface area contributed by atoms with Gasteiger partial charge in [-0.3, -0.25) is 4.79 Å². The Balaban J connectivity index is 1.62. The van der Waals surface area contributed by atoms with E-state index in [1.165, 1.54) is 38.5 Å². The van der Waals surface area contributed by atoms with E-state index < -0.39 is 6.29 Å². The molecule has 0 radical (unpaired) electrons. The van der Waals surface area contributed by atoms with Crippen LogP contribution in [0.5, 0.6) is 11.5 Å². The summed E-state index contributed by atoms with van der Waals surface area (Å²) < 4.78 is 33.2. The first kappa shape index (κ1) is 23.5. The second kappa shape index (κ2) is 10.1. The summed E-state index contributed by atoms with van der Waals surface area (Å²) in [4.78, 5) is 12.0. The summed E-state index contributed by atoms with van der Waals surface area (Å²) in [5, 5.41) is 0. The normalized spacial score (nSPS) is 30.2. The van der Waals surface area contributed by atoms with Crippen LogP contribution in [0, 0.1) is 17.8 Å². The van der Waals surface area contributed by atoms with Crippen molar-refractivity contribution < 1.29 is 33.2 Å². The lowest BCUT2D eigenvalue weighted by Gasteiger charge is -2.57. The number of methoxy groups -OCH3 is 2. The maximum absolute atomic E-state index is 12.0. The van der Waals surface area contributed by atoms with Crippen LogP contribution in [-0.2, 0) is 24.4 Å². The van der Waals surface area contributed by atoms with Crippen LogP contribution in [0.3, 0.4) is 0 Å². The van der Waals surface area contributed by atoms with Crippen molar-refractivity contribution in [2.45, 2.75) is 70.4 Å². The van der Waals surface area contributed by atoms with E-state index in [0.29, 0.717) is 11.3 Å². The minimum atomic E-state index is -0.402. The van der Waals surface area contributed by atoms with Gasteiger partial charge in [-0.25, -0.2) is 0 Å². The number of hydrogen-bond donors (Lipinski definition) is 0. The molecule has 0 heterocycles. The van der Waals surface area contributed by atoms with Crippen molar-refractivity contribution in [3.8, 4) is 11.5 Å². The minimum Gasteiger partial charge on any atom is -0.467 e. The summed E-state index contributed by atoms with van der Waals surface area (Å²) in [6, 6.07) is 3.80. The average molecular weight is 449 g/mol. The summed E-state index contributed by atoms with van der Waals surface area (Å²) in [6.45, 7) is 3.64. The Bertz CT molecular complexity index is 757. The fourth-order valence-electron chi connectivity index (χ4n) is 6.29. The van der Waals surface area contributed by atoms with Crippen LogP contribution in [0.2, 0.25) is 0 Å². The summed E-state index contributed by atoms with van der Waals surface area (Å²) in [6.07, 6.45) is 7.62. The number of hydrogen-bond acceptors (Lipinski definition) is 7. The largest absolute Gasteiger partial charge is 0.467 e. The Hall–Kier alpha value is -1.67. The van der Waals surface area contributed by atoms with Gasteiger partial charge in [-0.05, 0) is 81.6 Å². The molecule has 32 heavy (non-hydrogen) atoms. The van der Waals surface area contributed by atoms with Gasteiger partial charge in [0.15, 0.2) is 32.5 Å². The molecule has 0 saturated heterocycles. The first-order chi connectivity index (χ1) is 15.5. The van der Waals surface area contributed by atoms with Gasteiger partial charge >= 0.3 is 0 Å². The van der Waals surface area contributed by atoms with Crippen LogP contribution in [-0.4, -0.2) is 46.7 Å². The van der Waals surface area contributed by atoms with E-state index in [2.05, 4.69) is 0 Å². The van der Waals surface area contributed by atoms with Crippen molar-refractivity contribution in [3.63, 3.8) is 0 Å². The van der Waals surface area contributed by atoms with Crippen molar-refractivity contribution in [2.75, 3.05) is 27.8 Å². The van der Waals surface area contributed by atoms with Gasteiger partial charge in [-0.15, -0.1) is 0 Å². The number of ether oxygens (including phenoxy) is 6. The molecule has 0 aliphatic heterocycles. The molecule has 4 saturated carbocycles. The number of rotatable bonds is 12. The molecule has 4 aliphatic carbocycles. The van der Waals surface area contributed by atoms with Crippen LogP contribution in [0.1, 0.15) is 68.3 Å². The van der Waals surface area contributed by atoms with Gasteiger partial charge in [-0.2, -0.15) is 0 Å². The maximum atomic E-state index is 12.0. The van der Waals surface area contributed by atoms with Gasteiger partial charge in [0, 0.05) is 25.8 Å². The molecule has 4 bridgehead atoms. The second-order valence-corrected chi connectivity index (χ2v) is 9.67. The highest BCUT2D eigenvalue weighted by atomic mass is 16.7. The molecule has 4 aliphatic rings. The fraction of sp³-hybridized carbons (Fsp3) is 0.720. The monoisotopic (exact) mass is 448 g/mol. The van der Waals surface area contributed by atoms with Crippen LogP contribution >= 0.6 is 0 Å². The molecule has 2 unspecified atom stereocenters. The molecule has 1 aromatic rings. The van der Waals surface area contributed by atoms with Gasteiger partial charge in [-0.1, -0.05) is 0 Å². The molecule has 178 valence electrons. The predicted molar refractivity (Wildman–Crippen MR) is 118 cm³/mol. The number of carbonyl (C=O) groups is 1. The molecule has 5 rings (SSSR count). The Morgan fingerprint density at radius 1 is 0.875 bits per heavy atom. The van der Waals surface area contributed by atoms with E-state index in [9.17, 15) is 4.79 Å². The lowest BCUT2D eigenvalue weighted by atomic mass is 9.48. The first-order valence-corrected chi connectivity index (χ1v) is 11.6. The van der Waals surface area contributed by atoms with E-state index >= 15 is 0 Å². The molecule has 1 aromatic carbocycles. The molecule has 2 atom stereocenters. The number of aldehydes is 1. The number of carbonyl (C=O) groups excluding carboxylic acids is 1. The van der Waals surface area contributed by atoms with Crippen molar-refractivity contribution in [3.05, 3.63) is 23.3 Å². The Labute approximate surface area is 190 Å². The standard InChI is InChI=1S/C25H36O7/c1-16(27-3)29-14-31-23-9-24(32-15-30-17(2)28-4)22(8-21(23)13-26)25-10-18-5-19(11-25)7-20(6-18)12-25/h8-9,13,16-20H,5-7,10-12,14-15H2,1-4H3. The fourth-order valence-corrected chi connectivity index (χ4v) is 6.29. The Morgan fingerprint density at radius 2 is 1.38 bits per heavy atom. The first-order valence-electron chi connectivity index (χ1n) is 11.6. The quantitative estimate of drug-likeness (QED) is 0.340. The molecule has 0 spiro atoms. The Kier molecular flexibility index (Phi) is 7.40. The van der Waals surface area contributed by atoms with Crippen molar-refractivity contribution in [1.29, 1.82) is 0 Å². The van der Waals surface area contributed by atoms with E-state index in [4.69, 9.17) is 28.4 Å². The lowest BCUT2D eigenvalue weighted by Crippen LogP contribution is -2.48. The molecule has 0 N–H and O–H groups in total. The minimum absolute atomic E-state index is 0.0246. The third-order valence-electron chi connectivity index (χ3n) is 7.55. The van der Waals surface area contributed by atoms with Gasteiger partial charge < -0.3 is 28.4 Å². The van der Waals surface area contributed by atoms with Crippen LogP contribution < -0.4 is 9.47 Å². The molecule has 7 nitrogen and oxygen atoms in total. The second-order valence-electron chi connectivity index (χ2n) is 9.67. The van der Waals surface area contributed by atoms with Gasteiger partial charge in [0.25, 0.3) is 0 Å². The third-order valence-corrected chi connectivity index (χ3v) is 7.55. The van der Waals surface area contributed by atoms with E-state index in [1.807, 2.05) is 19.1 Å². The molecule has 0 amide bonds. The van der Waals surface area contributed by atoms with Crippen molar-refractivity contribution in [1.82, 2.24) is 0 Å². The van der Waals surface area contributed by atoms with Crippen molar-refractivity contribution >= 4 is 6.29 Å². The predicted octanol–water partition coefficient (Wildman–Crippen LogP) is 4.66. The molecule has 7 heteroatoms. The highest BCUT2D eigenvalue weighted by molar-refractivity contribution is 5.81. The summed E-state index contributed by atoms with van der Waals surface area (Å²) in [5.74, 6) is 3.48. The van der Waals surface area contributed by atoms with E-state index in [-0.39, 0.29) is 25.3 Å². The molecule has 0 aromatic heterocycles. The smallest absolute Gasteiger partial charge is 0.191 e. The highest BCUT2D eigenvalue weighted by Gasteiger charge is 2.52. The third kappa shape index (κ3) is 4.96. The zero-order valence-electron chi connectivity index (χ0n) is 19.6. The zero-order chi connectivity index (χ0) is 22.7. The van der Waals surface area contributed by atoms with Crippen LogP contribution in [0.15, 0.2) is 12.1 Å². The molecular weight excluding hydrogens is 412 g/mol. The van der Waals surface area contributed by atoms with Crippen LogP contribution in [0.4, 0.5) is 0 Å². The van der Waals surface area contributed by atoms with Crippen LogP contribution in [0.25, 0.3) is 0 Å². The van der Waals surface area contributed by atoms with E-state index in [1.54, 1.807) is 21.1 Å². The maximum Gasteiger partial charge on any atom is 0.191 e. The topological polar surface area (TPSA) is 72.5 Å². The summed E-state index contributed by atoms with van der Waals surface area (Å²) >= 11 is 0. The lowest BCUT2D eigenvalue weighted by molar-refractivity contribution is -0.150. The average Bonchev–Trinajstić information content (AvgIpc) is 2.77. The van der Waals surface area contributed by atoms with Crippen molar-refractivity contribution in [2.24, 2.45) is 17.8 Å². The summed E-state index contributed by atoms with van der Waals surface area (Å²) in [5.41, 5.74) is 1.70. The highest BCUT2D eigenvalue weighted by Crippen LogP contribution is 2.62. The summed E-state index contributed by atoms with van der Waals surface area (Å²) in [7, 11) is 3.16. The molecule has 4 fully saturated rings. The SMILES string of the molecule is COC(C)OCOc1cc(OCOC(C)OC)c(C23CC4CC(CC(C4)C2)C3)cc1C=O. The van der Waals surface area contributed by atoms with E-state index in [0.717, 1.165) is 35.4 Å². The number of benzene rings is 1. The van der Waals surface area contributed by atoms with Gasteiger partial charge in [0.05, 0.1) is 5.56 Å².